The van der Waals surface area contributed by atoms with Crippen LogP contribution in [0.25, 0.3) is 11.0 Å². The van der Waals surface area contributed by atoms with Crippen molar-refractivity contribution >= 4 is 22.6 Å². The van der Waals surface area contributed by atoms with Crippen molar-refractivity contribution in [2.45, 2.75) is 19.5 Å². The number of hydrogen-bond donors (Lipinski definition) is 2. The Morgan fingerprint density at radius 2 is 1.77 bits per heavy atom. The van der Waals surface area contributed by atoms with E-state index in [0.29, 0.717) is 28.5 Å². The number of carbonyl (C=O) groups excluding carboxylic acids is 1. The van der Waals surface area contributed by atoms with Gasteiger partial charge in [-0.05, 0) is 54.4 Å². The van der Waals surface area contributed by atoms with Crippen LogP contribution in [-0.4, -0.2) is 20.9 Å². The average Bonchev–Trinajstić information content (AvgIpc) is 3.11. The molecule has 4 rings (SSSR count). The van der Waals surface area contributed by atoms with Gasteiger partial charge < -0.3 is 15.0 Å². The van der Waals surface area contributed by atoms with Gasteiger partial charge in [-0.1, -0.05) is 12.1 Å². The fourth-order valence-corrected chi connectivity index (χ4v) is 3.08. The number of benzene rings is 2. The van der Waals surface area contributed by atoms with Gasteiger partial charge in [0, 0.05) is 11.9 Å². The molecule has 2 aromatic heterocycles. The van der Waals surface area contributed by atoms with E-state index in [4.69, 9.17) is 4.74 Å². The zero-order valence-electron chi connectivity index (χ0n) is 16.3. The lowest BCUT2D eigenvalue weighted by atomic mass is 10.1. The van der Waals surface area contributed by atoms with Crippen LogP contribution in [0.3, 0.4) is 0 Å². The van der Waals surface area contributed by atoms with Crippen molar-refractivity contribution in [1.29, 1.82) is 0 Å². The fraction of sp³-hybridized carbons (Fsp3) is 0.136. The standard InChI is InChI=1S/C22H17F3N4O2/c1-13-11-26-20-19(13)21(28-12-27-20)31-17-8-6-16(7-9-17)29-18(30)10-14-2-4-15(5-3-14)22(23,24)25/h2-9,11-12H,10H2,1H3,(H,29,30)(H,26,27,28). The second kappa shape index (κ2) is 8.10. The van der Waals surface area contributed by atoms with E-state index in [9.17, 15) is 18.0 Å². The molecule has 0 aliphatic carbocycles. The summed E-state index contributed by atoms with van der Waals surface area (Å²) in [6.45, 7) is 1.92. The molecule has 0 radical (unpaired) electrons. The highest BCUT2D eigenvalue weighted by atomic mass is 19.4. The molecule has 4 aromatic rings. The van der Waals surface area contributed by atoms with Crippen molar-refractivity contribution in [2.75, 3.05) is 5.32 Å². The van der Waals surface area contributed by atoms with E-state index in [-0.39, 0.29) is 12.3 Å². The number of fused-ring (bicyclic) bond motifs is 1. The van der Waals surface area contributed by atoms with Crippen LogP contribution in [0, 0.1) is 6.92 Å². The number of halogens is 3. The first-order valence-electron chi connectivity index (χ1n) is 9.32. The summed E-state index contributed by atoms with van der Waals surface area (Å²) in [5.41, 5.74) is 1.91. The summed E-state index contributed by atoms with van der Waals surface area (Å²) in [5.74, 6) is 0.609. The molecule has 2 aromatic carbocycles. The van der Waals surface area contributed by atoms with Crippen LogP contribution in [0.1, 0.15) is 16.7 Å². The number of aromatic amines is 1. The average molecular weight is 426 g/mol. The van der Waals surface area contributed by atoms with Crippen LogP contribution >= 0.6 is 0 Å². The van der Waals surface area contributed by atoms with Crippen LogP contribution in [-0.2, 0) is 17.4 Å². The Labute approximate surface area is 175 Å². The lowest BCUT2D eigenvalue weighted by Crippen LogP contribution is -2.14. The van der Waals surface area contributed by atoms with Crippen LogP contribution in [0.5, 0.6) is 11.6 Å². The van der Waals surface area contributed by atoms with Crippen LogP contribution in [0.15, 0.2) is 61.1 Å². The molecule has 9 heteroatoms. The maximum absolute atomic E-state index is 12.6. The first-order valence-corrected chi connectivity index (χ1v) is 9.32. The Balaban J connectivity index is 1.39. The van der Waals surface area contributed by atoms with Gasteiger partial charge in [-0.15, -0.1) is 0 Å². The highest BCUT2D eigenvalue weighted by molar-refractivity contribution is 5.92. The van der Waals surface area contributed by atoms with E-state index in [1.165, 1.54) is 18.5 Å². The van der Waals surface area contributed by atoms with E-state index in [2.05, 4.69) is 20.3 Å². The minimum Gasteiger partial charge on any atom is -0.438 e. The minimum absolute atomic E-state index is 0.0396. The van der Waals surface area contributed by atoms with Gasteiger partial charge in [-0.2, -0.15) is 13.2 Å². The van der Waals surface area contributed by atoms with Gasteiger partial charge in [-0.25, -0.2) is 9.97 Å². The van der Waals surface area contributed by atoms with Crippen molar-refractivity contribution in [3.63, 3.8) is 0 Å². The molecular weight excluding hydrogens is 409 g/mol. The quantitative estimate of drug-likeness (QED) is 0.456. The van der Waals surface area contributed by atoms with Crippen molar-refractivity contribution in [2.24, 2.45) is 0 Å². The van der Waals surface area contributed by atoms with Crippen LogP contribution < -0.4 is 10.1 Å². The highest BCUT2D eigenvalue weighted by Gasteiger charge is 2.29. The van der Waals surface area contributed by atoms with E-state index >= 15 is 0 Å². The number of aryl methyl sites for hydroxylation is 1. The molecule has 0 atom stereocenters. The number of nitrogens with one attached hydrogen (secondary N) is 2. The zero-order chi connectivity index (χ0) is 22.0. The second-order valence-corrected chi connectivity index (χ2v) is 6.92. The third-order valence-corrected chi connectivity index (χ3v) is 4.63. The van der Waals surface area contributed by atoms with Crippen LogP contribution in [0.4, 0.5) is 18.9 Å². The van der Waals surface area contributed by atoms with Crippen molar-refractivity contribution < 1.29 is 22.7 Å². The summed E-state index contributed by atoms with van der Waals surface area (Å²) in [7, 11) is 0. The Kier molecular flexibility index (Phi) is 5.33. The molecule has 1 amide bonds. The van der Waals surface area contributed by atoms with Crippen molar-refractivity contribution in [3.05, 3.63) is 77.7 Å². The van der Waals surface area contributed by atoms with Crippen molar-refractivity contribution in [3.8, 4) is 11.6 Å². The molecule has 2 N–H and O–H groups in total. The largest absolute Gasteiger partial charge is 0.438 e. The number of alkyl halides is 3. The number of aromatic nitrogens is 3. The molecule has 31 heavy (non-hydrogen) atoms. The number of anilines is 1. The minimum atomic E-state index is -4.40. The van der Waals surface area contributed by atoms with E-state index < -0.39 is 11.7 Å². The predicted molar refractivity (Wildman–Crippen MR) is 109 cm³/mol. The Morgan fingerprint density at radius 1 is 1.06 bits per heavy atom. The van der Waals surface area contributed by atoms with Crippen LogP contribution in [0.2, 0.25) is 0 Å². The molecule has 6 nitrogen and oxygen atoms in total. The molecule has 0 unspecified atom stereocenters. The van der Waals surface area contributed by atoms with Gasteiger partial charge >= 0.3 is 6.18 Å². The molecule has 0 saturated carbocycles. The second-order valence-electron chi connectivity index (χ2n) is 6.92. The summed E-state index contributed by atoms with van der Waals surface area (Å²) in [5, 5.41) is 3.50. The van der Waals surface area contributed by atoms with Gasteiger partial charge in [0.2, 0.25) is 11.8 Å². The molecule has 0 aliphatic heterocycles. The number of H-pyrrole nitrogens is 1. The normalized spacial score (nSPS) is 11.5. The van der Waals surface area contributed by atoms with Gasteiger partial charge in [0.05, 0.1) is 17.4 Å². The number of hydrogen-bond acceptors (Lipinski definition) is 4. The lowest BCUT2D eigenvalue weighted by Gasteiger charge is -2.09. The number of ether oxygens (including phenoxy) is 1. The number of amides is 1. The third-order valence-electron chi connectivity index (χ3n) is 4.63. The maximum atomic E-state index is 12.6. The molecule has 0 spiro atoms. The van der Waals surface area contributed by atoms with Crippen molar-refractivity contribution in [1.82, 2.24) is 15.0 Å². The topological polar surface area (TPSA) is 79.9 Å². The molecule has 158 valence electrons. The Morgan fingerprint density at radius 3 is 2.45 bits per heavy atom. The summed E-state index contributed by atoms with van der Waals surface area (Å²) in [6, 6.07) is 11.2. The molecule has 2 heterocycles. The molecular formula is C22H17F3N4O2. The number of nitrogens with zero attached hydrogens (tertiary/aromatic N) is 2. The number of carbonyl (C=O) groups is 1. The summed E-state index contributed by atoms with van der Waals surface area (Å²) in [6.07, 6.45) is -1.21. The molecule has 0 saturated heterocycles. The third kappa shape index (κ3) is 4.66. The first-order chi connectivity index (χ1) is 14.8. The maximum Gasteiger partial charge on any atom is 0.416 e. The molecule has 0 fully saturated rings. The Hall–Kier alpha value is -3.88. The Bertz CT molecular complexity index is 1220. The highest BCUT2D eigenvalue weighted by Crippen LogP contribution is 2.30. The lowest BCUT2D eigenvalue weighted by molar-refractivity contribution is -0.137. The summed E-state index contributed by atoms with van der Waals surface area (Å²) < 4.78 is 43.7. The van der Waals surface area contributed by atoms with Gasteiger partial charge in [-0.3, -0.25) is 4.79 Å². The smallest absolute Gasteiger partial charge is 0.416 e. The summed E-state index contributed by atoms with van der Waals surface area (Å²) in [4.78, 5) is 23.6. The molecule has 0 aliphatic rings. The predicted octanol–water partition coefficient (Wildman–Crippen LogP) is 5.26. The van der Waals surface area contributed by atoms with Gasteiger partial charge in [0.25, 0.3) is 0 Å². The monoisotopic (exact) mass is 426 g/mol. The number of rotatable bonds is 5. The SMILES string of the molecule is Cc1c[nH]c2ncnc(Oc3ccc(NC(=O)Cc4ccc(C(F)(F)F)cc4)cc3)c12. The van der Waals surface area contributed by atoms with E-state index in [1.54, 1.807) is 24.3 Å². The zero-order valence-corrected chi connectivity index (χ0v) is 16.3. The van der Waals surface area contributed by atoms with E-state index in [0.717, 1.165) is 23.1 Å². The van der Waals surface area contributed by atoms with Gasteiger partial charge in [0.15, 0.2) is 0 Å². The summed E-state index contributed by atoms with van der Waals surface area (Å²) >= 11 is 0. The van der Waals surface area contributed by atoms with E-state index in [1.807, 2.05) is 13.1 Å². The fourth-order valence-electron chi connectivity index (χ4n) is 3.08. The molecule has 0 bridgehead atoms. The van der Waals surface area contributed by atoms with Gasteiger partial charge in [0.1, 0.15) is 17.7 Å². The first kappa shape index (κ1) is 20.4.